The third-order valence-electron chi connectivity index (χ3n) is 5.09. The monoisotopic (exact) mass is 378 g/mol. The molecule has 3 heterocycles. The first kappa shape index (κ1) is 18.7. The number of likely N-dealkylation sites (tertiary alicyclic amines) is 1. The topological polar surface area (TPSA) is 78.7 Å². The van der Waals surface area contributed by atoms with E-state index in [0.29, 0.717) is 24.4 Å². The minimum Gasteiger partial charge on any atom is -0.356 e. The van der Waals surface area contributed by atoms with Crippen LogP contribution in [0.5, 0.6) is 0 Å². The lowest BCUT2D eigenvalue weighted by molar-refractivity contribution is -0.140. The minimum absolute atomic E-state index is 0. The molecular formula is C18H23ClN4O3. The van der Waals surface area contributed by atoms with Gasteiger partial charge in [-0.1, -0.05) is 17.3 Å². The Hall–Kier alpha value is -2.12. The summed E-state index contributed by atoms with van der Waals surface area (Å²) in [6.07, 6.45) is 2.12. The van der Waals surface area contributed by atoms with Crippen molar-refractivity contribution in [2.24, 2.45) is 0 Å². The Morgan fingerprint density at radius 3 is 3.00 bits per heavy atom. The summed E-state index contributed by atoms with van der Waals surface area (Å²) in [5.74, 6) is 0.180. The van der Waals surface area contributed by atoms with Gasteiger partial charge in [-0.05, 0) is 25.0 Å². The van der Waals surface area contributed by atoms with Crippen molar-refractivity contribution in [3.63, 3.8) is 0 Å². The number of carbonyl (C=O) groups excluding carboxylic acids is 2. The van der Waals surface area contributed by atoms with Crippen molar-refractivity contribution >= 4 is 35.2 Å². The highest BCUT2D eigenvalue weighted by Gasteiger charge is 2.31. The van der Waals surface area contributed by atoms with Crippen LogP contribution in [-0.4, -0.2) is 65.5 Å². The third-order valence-corrected chi connectivity index (χ3v) is 5.09. The van der Waals surface area contributed by atoms with Crippen molar-refractivity contribution in [1.29, 1.82) is 0 Å². The fraction of sp³-hybridized carbons (Fsp3) is 0.500. The number of nitrogens with one attached hydrogen (secondary N) is 1. The Morgan fingerprint density at radius 2 is 2.15 bits per heavy atom. The van der Waals surface area contributed by atoms with Gasteiger partial charge in [0.15, 0.2) is 5.58 Å². The summed E-state index contributed by atoms with van der Waals surface area (Å²) in [5, 5.41) is 8.04. The van der Waals surface area contributed by atoms with Gasteiger partial charge in [0.25, 0.3) is 0 Å². The normalized spacial score (nSPS) is 20.9. The molecule has 2 aliphatic rings. The van der Waals surface area contributed by atoms with E-state index in [1.54, 1.807) is 0 Å². The zero-order valence-corrected chi connectivity index (χ0v) is 15.3. The third kappa shape index (κ3) is 3.68. The fourth-order valence-corrected chi connectivity index (χ4v) is 3.76. The first-order valence-corrected chi connectivity index (χ1v) is 8.83. The zero-order valence-electron chi connectivity index (χ0n) is 14.5. The number of nitrogens with zero attached hydrogens (tertiary/aromatic N) is 3. The summed E-state index contributed by atoms with van der Waals surface area (Å²) in [5.41, 5.74) is 1.38. The number of piperidine rings is 1. The second-order valence-electron chi connectivity index (χ2n) is 6.70. The molecule has 1 aromatic carbocycles. The van der Waals surface area contributed by atoms with E-state index in [1.165, 1.54) is 0 Å². The molecule has 0 saturated carbocycles. The number of rotatable bonds is 3. The van der Waals surface area contributed by atoms with Crippen LogP contribution in [0.25, 0.3) is 11.0 Å². The lowest BCUT2D eigenvalue weighted by atomic mass is 10.0. The molecule has 0 aliphatic carbocycles. The Kier molecular flexibility index (Phi) is 5.78. The largest absolute Gasteiger partial charge is 0.356 e. The maximum atomic E-state index is 12.7. The summed E-state index contributed by atoms with van der Waals surface area (Å²) < 4.78 is 5.29. The highest BCUT2D eigenvalue weighted by molar-refractivity contribution is 5.86. The SMILES string of the molecule is Cl.O=C(Cc1noc2ccccc12)N1CCCC(N2CCNCC2=O)C1. The van der Waals surface area contributed by atoms with Gasteiger partial charge in [-0.25, -0.2) is 0 Å². The van der Waals surface area contributed by atoms with Crippen LogP contribution in [0.4, 0.5) is 0 Å². The molecule has 1 unspecified atom stereocenters. The molecule has 2 saturated heterocycles. The molecule has 1 N–H and O–H groups in total. The Labute approximate surface area is 158 Å². The van der Waals surface area contributed by atoms with Gasteiger partial charge >= 0.3 is 0 Å². The van der Waals surface area contributed by atoms with Gasteiger partial charge < -0.3 is 19.6 Å². The molecule has 2 fully saturated rings. The van der Waals surface area contributed by atoms with Gasteiger partial charge in [-0.3, -0.25) is 9.59 Å². The molecule has 1 atom stereocenters. The highest BCUT2D eigenvalue weighted by Crippen LogP contribution is 2.21. The molecule has 1 aromatic heterocycles. The zero-order chi connectivity index (χ0) is 17.2. The van der Waals surface area contributed by atoms with E-state index in [2.05, 4.69) is 10.5 Å². The molecule has 2 aromatic rings. The number of halogens is 1. The van der Waals surface area contributed by atoms with Crippen LogP contribution < -0.4 is 5.32 Å². The van der Waals surface area contributed by atoms with Crippen molar-refractivity contribution < 1.29 is 14.1 Å². The second kappa shape index (κ2) is 8.05. The molecule has 4 rings (SSSR count). The molecule has 140 valence electrons. The predicted octanol–water partition coefficient (Wildman–Crippen LogP) is 1.21. The Bertz CT molecular complexity index is 794. The highest BCUT2D eigenvalue weighted by atomic mass is 35.5. The average molecular weight is 379 g/mol. The first-order chi connectivity index (χ1) is 12.2. The molecule has 2 aliphatic heterocycles. The molecular weight excluding hydrogens is 356 g/mol. The summed E-state index contributed by atoms with van der Waals surface area (Å²) in [4.78, 5) is 28.7. The van der Waals surface area contributed by atoms with Gasteiger partial charge in [0.1, 0.15) is 5.69 Å². The van der Waals surface area contributed by atoms with E-state index in [4.69, 9.17) is 4.52 Å². The van der Waals surface area contributed by atoms with Crippen LogP contribution in [0, 0.1) is 0 Å². The number of piperazine rings is 1. The molecule has 0 bridgehead atoms. The molecule has 0 spiro atoms. The van der Waals surface area contributed by atoms with Crippen molar-refractivity contribution in [2.45, 2.75) is 25.3 Å². The van der Waals surface area contributed by atoms with Gasteiger partial charge in [-0.15, -0.1) is 12.4 Å². The van der Waals surface area contributed by atoms with Gasteiger partial charge in [0.2, 0.25) is 11.8 Å². The van der Waals surface area contributed by atoms with Crippen LogP contribution in [0.3, 0.4) is 0 Å². The maximum Gasteiger partial charge on any atom is 0.236 e. The fourth-order valence-electron chi connectivity index (χ4n) is 3.76. The van der Waals surface area contributed by atoms with E-state index in [9.17, 15) is 9.59 Å². The van der Waals surface area contributed by atoms with Crippen molar-refractivity contribution in [3.8, 4) is 0 Å². The number of hydrogen-bond acceptors (Lipinski definition) is 5. The van der Waals surface area contributed by atoms with E-state index < -0.39 is 0 Å². The summed E-state index contributed by atoms with van der Waals surface area (Å²) >= 11 is 0. The number of benzene rings is 1. The number of aromatic nitrogens is 1. The number of fused-ring (bicyclic) bond motifs is 1. The van der Waals surface area contributed by atoms with Crippen LogP contribution in [0.15, 0.2) is 28.8 Å². The van der Waals surface area contributed by atoms with Crippen LogP contribution in [0.1, 0.15) is 18.5 Å². The quantitative estimate of drug-likeness (QED) is 0.868. The van der Waals surface area contributed by atoms with E-state index >= 15 is 0 Å². The summed E-state index contributed by atoms with van der Waals surface area (Å²) in [6.45, 7) is 3.29. The van der Waals surface area contributed by atoms with E-state index in [-0.39, 0.29) is 36.7 Å². The molecule has 7 nitrogen and oxygen atoms in total. The average Bonchev–Trinajstić information content (AvgIpc) is 3.05. The first-order valence-electron chi connectivity index (χ1n) is 8.83. The molecule has 8 heteroatoms. The molecule has 26 heavy (non-hydrogen) atoms. The second-order valence-corrected chi connectivity index (χ2v) is 6.70. The lowest BCUT2D eigenvalue weighted by Gasteiger charge is -2.41. The van der Waals surface area contributed by atoms with E-state index in [0.717, 1.165) is 37.9 Å². The van der Waals surface area contributed by atoms with Crippen molar-refractivity contribution in [2.75, 3.05) is 32.7 Å². The van der Waals surface area contributed by atoms with E-state index in [1.807, 2.05) is 34.1 Å². The number of carbonyl (C=O) groups is 2. The Morgan fingerprint density at radius 1 is 1.31 bits per heavy atom. The number of hydrogen-bond donors (Lipinski definition) is 1. The smallest absolute Gasteiger partial charge is 0.236 e. The maximum absolute atomic E-state index is 12.7. The summed E-state index contributed by atoms with van der Waals surface area (Å²) in [6, 6.07) is 7.70. The molecule has 0 radical (unpaired) electrons. The number of amides is 2. The predicted molar refractivity (Wildman–Crippen MR) is 99.1 cm³/mol. The van der Waals surface area contributed by atoms with Crippen molar-refractivity contribution in [1.82, 2.24) is 20.3 Å². The van der Waals surface area contributed by atoms with Crippen molar-refractivity contribution in [3.05, 3.63) is 30.0 Å². The van der Waals surface area contributed by atoms with Crippen LogP contribution >= 0.6 is 12.4 Å². The van der Waals surface area contributed by atoms with Gasteiger partial charge in [0, 0.05) is 37.6 Å². The van der Waals surface area contributed by atoms with Gasteiger partial charge in [-0.2, -0.15) is 0 Å². The van der Waals surface area contributed by atoms with Crippen LogP contribution in [-0.2, 0) is 16.0 Å². The summed E-state index contributed by atoms with van der Waals surface area (Å²) in [7, 11) is 0. The lowest BCUT2D eigenvalue weighted by Crippen LogP contribution is -2.57. The minimum atomic E-state index is 0. The Balaban J connectivity index is 0.00000196. The number of para-hydroxylation sites is 1. The standard InChI is InChI=1S/C18H22N4O3.ClH/c23-17(10-15-14-5-1-2-6-16(14)25-20-15)21-8-3-4-13(12-21)22-9-7-19-11-18(22)24;/h1-2,5-6,13,19H,3-4,7-12H2;1H. The van der Waals surface area contributed by atoms with Crippen LogP contribution in [0.2, 0.25) is 0 Å². The molecule has 2 amide bonds. The van der Waals surface area contributed by atoms with Gasteiger partial charge in [0.05, 0.1) is 13.0 Å².